The molecule has 0 bridgehead atoms. The lowest BCUT2D eigenvalue weighted by Gasteiger charge is -2.22. The molecule has 1 aliphatic rings. The van der Waals surface area contributed by atoms with E-state index in [1.807, 2.05) is 12.1 Å². The predicted molar refractivity (Wildman–Crippen MR) is 124 cm³/mol. The molecule has 3 heterocycles. The summed E-state index contributed by atoms with van der Waals surface area (Å²) in [6.07, 6.45) is 4.73. The molecule has 1 amide bonds. The molecule has 0 spiro atoms. The zero-order chi connectivity index (χ0) is 24.8. The smallest absolute Gasteiger partial charge is 0.251 e. The van der Waals surface area contributed by atoms with Crippen LogP contribution in [0.3, 0.4) is 0 Å². The fourth-order valence-electron chi connectivity index (χ4n) is 4.13. The van der Waals surface area contributed by atoms with Crippen LogP contribution in [0.5, 0.6) is 17.2 Å². The topological polar surface area (TPSA) is 134 Å². The van der Waals surface area contributed by atoms with E-state index in [-0.39, 0.29) is 24.4 Å². The highest BCUT2D eigenvalue weighted by Crippen LogP contribution is 2.40. The molecule has 0 saturated carbocycles. The Morgan fingerprint density at radius 1 is 1.17 bits per heavy atom. The summed E-state index contributed by atoms with van der Waals surface area (Å²) in [6, 6.07) is 3.81. The van der Waals surface area contributed by atoms with Gasteiger partial charge in [-0.2, -0.15) is 4.98 Å². The van der Waals surface area contributed by atoms with Crippen LogP contribution < -0.4 is 19.5 Å². The van der Waals surface area contributed by atoms with Gasteiger partial charge in [-0.05, 0) is 37.1 Å². The van der Waals surface area contributed by atoms with Gasteiger partial charge in [0.05, 0.1) is 32.9 Å². The van der Waals surface area contributed by atoms with Gasteiger partial charge in [0.15, 0.2) is 11.5 Å². The van der Waals surface area contributed by atoms with Crippen molar-refractivity contribution in [2.45, 2.75) is 25.4 Å². The predicted octanol–water partition coefficient (Wildman–Crippen LogP) is 2.47. The van der Waals surface area contributed by atoms with Crippen molar-refractivity contribution in [3.05, 3.63) is 36.1 Å². The summed E-state index contributed by atoms with van der Waals surface area (Å²) in [5.41, 5.74) is 1.46. The summed E-state index contributed by atoms with van der Waals surface area (Å²) in [7, 11) is 6.21. The van der Waals surface area contributed by atoms with E-state index in [0.29, 0.717) is 41.1 Å². The van der Waals surface area contributed by atoms with E-state index in [2.05, 4.69) is 30.3 Å². The van der Waals surface area contributed by atoms with Crippen LogP contribution in [0, 0.1) is 0 Å². The molecular formula is C23H28N6O6. The van der Waals surface area contributed by atoms with Gasteiger partial charge in [0.25, 0.3) is 5.91 Å². The molecule has 12 heteroatoms. The van der Waals surface area contributed by atoms with Crippen LogP contribution in [0.1, 0.15) is 30.3 Å². The molecule has 0 unspecified atom stereocenters. The Bertz CT molecular complexity index is 1140. The lowest BCUT2D eigenvalue weighted by Crippen LogP contribution is -2.23. The molecule has 1 N–H and O–H groups in total. The molecule has 1 aliphatic heterocycles. The van der Waals surface area contributed by atoms with Crippen molar-refractivity contribution in [1.82, 2.24) is 25.0 Å². The van der Waals surface area contributed by atoms with E-state index in [1.165, 1.54) is 19.6 Å². The first-order valence-corrected chi connectivity index (χ1v) is 11.0. The van der Waals surface area contributed by atoms with Crippen molar-refractivity contribution in [3.8, 4) is 28.6 Å². The van der Waals surface area contributed by atoms with Gasteiger partial charge >= 0.3 is 0 Å². The highest BCUT2D eigenvalue weighted by Gasteiger charge is 2.32. The second-order valence-corrected chi connectivity index (χ2v) is 7.88. The molecule has 4 rings (SSSR count). The number of carbonyl (C=O) groups is 1. The Kier molecular flexibility index (Phi) is 7.73. The summed E-state index contributed by atoms with van der Waals surface area (Å²) >= 11 is 0. The largest absolute Gasteiger partial charge is 0.493 e. The summed E-state index contributed by atoms with van der Waals surface area (Å²) in [5, 5.41) is 6.81. The van der Waals surface area contributed by atoms with Crippen LogP contribution in [-0.2, 0) is 16.1 Å². The molecule has 0 aliphatic carbocycles. The zero-order valence-corrected chi connectivity index (χ0v) is 20.1. The molecule has 12 nitrogen and oxygen atoms in total. The third-order valence-electron chi connectivity index (χ3n) is 5.69. The number of hydrogen-bond acceptors (Lipinski definition) is 11. The van der Waals surface area contributed by atoms with E-state index in [4.69, 9.17) is 23.5 Å². The number of hydrogen-bond donors (Lipinski definition) is 1. The van der Waals surface area contributed by atoms with Crippen molar-refractivity contribution in [2.24, 2.45) is 0 Å². The summed E-state index contributed by atoms with van der Waals surface area (Å²) < 4.78 is 26.9. The minimum Gasteiger partial charge on any atom is -0.493 e. The van der Waals surface area contributed by atoms with E-state index in [9.17, 15) is 4.79 Å². The quantitative estimate of drug-likeness (QED) is 0.455. The molecule has 1 saturated heterocycles. The van der Waals surface area contributed by atoms with Crippen LogP contribution in [-0.4, -0.2) is 72.5 Å². The van der Waals surface area contributed by atoms with E-state index in [1.54, 1.807) is 21.3 Å². The van der Waals surface area contributed by atoms with Gasteiger partial charge in [-0.1, -0.05) is 5.16 Å². The Balaban J connectivity index is 1.55. The number of amides is 1. The van der Waals surface area contributed by atoms with Gasteiger partial charge in [-0.25, -0.2) is 9.97 Å². The van der Waals surface area contributed by atoms with Crippen LogP contribution in [0.25, 0.3) is 11.4 Å². The van der Waals surface area contributed by atoms with Crippen molar-refractivity contribution < 1.29 is 28.3 Å². The Morgan fingerprint density at radius 2 is 1.94 bits per heavy atom. The van der Waals surface area contributed by atoms with Gasteiger partial charge in [0, 0.05) is 19.9 Å². The molecule has 3 aromatic rings. The van der Waals surface area contributed by atoms with E-state index >= 15 is 0 Å². The molecular weight excluding hydrogens is 456 g/mol. The normalized spacial score (nSPS) is 15.7. The summed E-state index contributed by atoms with van der Waals surface area (Å²) in [5.74, 6) is 2.49. The molecule has 1 aromatic carbocycles. The molecule has 1 atom stereocenters. The summed E-state index contributed by atoms with van der Waals surface area (Å²) in [6.45, 7) is 1.40. The van der Waals surface area contributed by atoms with Crippen LogP contribution in [0.15, 0.2) is 29.2 Å². The fourth-order valence-corrected chi connectivity index (χ4v) is 4.13. The number of likely N-dealkylation sites (tertiary alicyclic amines) is 1. The number of nitrogens with zero attached hydrogens (tertiary/aromatic N) is 5. The maximum atomic E-state index is 12.0. The molecule has 2 aromatic heterocycles. The molecule has 35 heavy (non-hydrogen) atoms. The summed E-state index contributed by atoms with van der Waals surface area (Å²) in [4.78, 5) is 27.0. The lowest BCUT2D eigenvalue weighted by molar-refractivity contribution is -0.119. The number of aromatic nitrogens is 4. The first-order valence-electron chi connectivity index (χ1n) is 11.0. The fraction of sp³-hybridized carbons (Fsp3) is 0.435. The second kappa shape index (κ2) is 11.1. The minimum absolute atomic E-state index is 0.0634. The molecule has 1 fully saturated rings. The average molecular weight is 485 g/mol. The van der Waals surface area contributed by atoms with E-state index < -0.39 is 0 Å². The van der Waals surface area contributed by atoms with Gasteiger partial charge < -0.3 is 28.8 Å². The van der Waals surface area contributed by atoms with Gasteiger partial charge in [0.2, 0.25) is 17.5 Å². The van der Waals surface area contributed by atoms with Crippen LogP contribution in [0.2, 0.25) is 0 Å². The molecule has 186 valence electrons. The Labute approximate surface area is 202 Å². The van der Waals surface area contributed by atoms with Crippen molar-refractivity contribution in [2.75, 3.05) is 46.9 Å². The van der Waals surface area contributed by atoms with Crippen molar-refractivity contribution in [3.63, 3.8) is 0 Å². The number of rotatable bonds is 10. The Morgan fingerprint density at radius 3 is 2.63 bits per heavy atom. The highest BCUT2D eigenvalue weighted by atomic mass is 16.5. The first-order chi connectivity index (χ1) is 17.1. The third kappa shape index (κ3) is 5.33. The average Bonchev–Trinajstić information content (AvgIpc) is 3.53. The molecule has 0 radical (unpaired) electrons. The van der Waals surface area contributed by atoms with Gasteiger partial charge in [0.1, 0.15) is 18.8 Å². The number of carbonyl (C=O) groups excluding carboxylic acids is 1. The maximum Gasteiger partial charge on any atom is 0.251 e. The van der Waals surface area contributed by atoms with Gasteiger partial charge in [-0.3, -0.25) is 9.69 Å². The number of anilines is 1. The highest BCUT2D eigenvalue weighted by molar-refractivity contribution is 5.93. The van der Waals surface area contributed by atoms with Crippen molar-refractivity contribution >= 4 is 11.7 Å². The van der Waals surface area contributed by atoms with E-state index in [0.717, 1.165) is 24.9 Å². The minimum atomic E-state index is -0.344. The number of nitrogens with one attached hydrogen (secondary N) is 1. The monoisotopic (exact) mass is 484 g/mol. The number of benzene rings is 1. The first kappa shape index (κ1) is 24.4. The Hall–Kier alpha value is -3.77. The number of methoxy groups -OCH3 is 4. The standard InChI is InChI=1S/C23H28N6O6/c1-31-12-19(30)26-21-15(10-24-13-25-21)22-27-23(35-28-22)16-6-5-7-29(16)11-14-8-17(32-2)20(34-4)18(9-14)33-3/h8-10,13,16H,5-7,11-12H2,1-4H3,(H,24,25,26,30)/t16-/m0/s1. The zero-order valence-electron chi connectivity index (χ0n) is 20.1. The maximum absolute atomic E-state index is 12.0. The lowest BCUT2D eigenvalue weighted by atomic mass is 10.1. The third-order valence-corrected chi connectivity index (χ3v) is 5.69. The van der Waals surface area contributed by atoms with Crippen LogP contribution in [0.4, 0.5) is 5.82 Å². The SMILES string of the molecule is COCC(=O)Nc1ncncc1-c1noc([C@@H]2CCCN2Cc2cc(OC)c(OC)c(OC)c2)n1. The van der Waals surface area contributed by atoms with Crippen molar-refractivity contribution in [1.29, 1.82) is 0 Å². The number of ether oxygens (including phenoxy) is 4. The van der Waals surface area contributed by atoms with Gasteiger partial charge in [-0.15, -0.1) is 0 Å². The second-order valence-electron chi connectivity index (χ2n) is 7.88. The van der Waals surface area contributed by atoms with Crippen LogP contribution >= 0.6 is 0 Å².